The molecule has 1 amide bonds. The minimum absolute atomic E-state index is 0.130. The van der Waals surface area contributed by atoms with Crippen molar-refractivity contribution in [2.45, 2.75) is 24.7 Å². The van der Waals surface area contributed by atoms with Crippen LogP contribution < -0.4 is 10.5 Å². The lowest BCUT2D eigenvalue weighted by Gasteiger charge is -2.07. The molecule has 1 aliphatic carbocycles. The Kier molecular flexibility index (Phi) is 3.15. The highest BCUT2D eigenvalue weighted by atomic mass is 16.5. The van der Waals surface area contributed by atoms with Gasteiger partial charge in [-0.05, 0) is 18.9 Å². The van der Waals surface area contributed by atoms with E-state index in [4.69, 9.17) is 15.0 Å². The molecule has 8 nitrogen and oxygen atoms in total. The molecule has 0 radical (unpaired) electrons. The Balaban J connectivity index is 1.49. The van der Waals surface area contributed by atoms with Gasteiger partial charge in [-0.2, -0.15) is 10.1 Å². The fourth-order valence-corrected chi connectivity index (χ4v) is 3.38. The van der Waals surface area contributed by atoms with Crippen molar-refractivity contribution in [2.24, 2.45) is 12.8 Å². The van der Waals surface area contributed by atoms with Gasteiger partial charge in [0.05, 0.1) is 17.2 Å². The Labute approximate surface area is 148 Å². The number of rotatable bonds is 4. The van der Waals surface area contributed by atoms with Gasteiger partial charge in [-0.25, -0.2) is 0 Å². The van der Waals surface area contributed by atoms with Crippen molar-refractivity contribution in [1.29, 1.82) is 0 Å². The second-order valence-electron chi connectivity index (χ2n) is 6.81. The maximum Gasteiger partial charge on any atom is 0.252 e. The van der Waals surface area contributed by atoms with Gasteiger partial charge < -0.3 is 15.0 Å². The summed E-state index contributed by atoms with van der Waals surface area (Å²) in [5.74, 6) is 1.82. The first kappa shape index (κ1) is 15.1. The smallest absolute Gasteiger partial charge is 0.252 e. The van der Waals surface area contributed by atoms with Crippen molar-refractivity contribution in [1.82, 2.24) is 19.9 Å². The Bertz CT molecular complexity index is 1020. The molecule has 132 valence electrons. The summed E-state index contributed by atoms with van der Waals surface area (Å²) in [6.07, 6.45) is 3.87. The number of aryl methyl sites for hydroxylation is 1. The highest BCUT2D eigenvalue weighted by molar-refractivity contribution is 5.94. The highest BCUT2D eigenvalue weighted by Crippen LogP contribution is 2.42. The molecule has 3 aromatic rings. The van der Waals surface area contributed by atoms with Gasteiger partial charge in [0.2, 0.25) is 11.7 Å². The van der Waals surface area contributed by atoms with E-state index in [2.05, 4.69) is 15.2 Å². The SMILES string of the molecule is Cn1cc(C(N)=O)c(C2COc3cc(-c4noc(C5CC5)n4)ccc32)n1. The first-order valence-corrected chi connectivity index (χ1v) is 8.54. The van der Waals surface area contributed by atoms with Crippen LogP contribution in [0.5, 0.6) is 5.75 Å². The van der Waals surface area contributed by atoms with Gasteiger partial charge in [-0.1, -0.05) is 17.3 Å². The predicted octanol–water partition coefficient (Wildman–Crippen LogP) is 1.97. The van der Waals surface area contributed by atoms with Gasteiger partial charge in [-0.3, -0.25) is 9.48 Å². The largest absolute Gasteiger partial charge is 0.492 e. The Morgan fingerprint density at radius 2 is 2.19 bits per heavy atom. The van der Waals surface area contributed by atoms with Crippen LogP contribution in [-0.4, -0.2) is 32.4 Å². The van der Waals surface area contributed by atoms with E-state index in [-0.39, 0.29) is 5.92 Å². The molecule has 5 rings (SSSR count). The van der Waals surface area contributed by atoms with E-state index in [1.807, 2.05) is 18.2 Å². The molecule has 26 heavy (non-hydrogen) atoms. The summed E-state index contributed by atoms with van der Waals surface area (Å²) in [5.41, 5.74) is 8.37. The number of nitrogens with zero attached hydrogens (tertiary/aromatic N) is 4. The molecule has 2 N–H and O–H groups in total. The van der Waals surface area contributed by atoms with E-state index in [1.165, 1.54) is 0 Å². The van der Waals surface area contributed by atoms with Crippen LogP contribution in [0.4, 0.5) is 0 Å². The summed E-state index contributed by atoms with van der Waals surface area (Å²) in [4.78, 5) is 16.2. The molecule has 2 aliphatic rings. The first-order chi connectivity index (χ1) is 12.6. The molecule has 1 atom stereocenters. The molecule has 0 bridgehead atoms. The summed E-state index contributed by atoms with van der Waals surface area (Å²) < 4.78 is 12.8. The van der Waals surface area contributed by atoms with Gasteiger partial charge in [0.1, 0.15) is 12.4 Å². The molecule has 1 unspecified atom stereocenters. The molecule has 1 fully saturated rings. The number of carbonyl (C=O) groups is 1. The zero-order valence-electron chi connectivity index (χ0n) is 14.2. The van der Waals surface area contributed by atoms with Gasteiger partial charge in [0, 0.05) is 30.3 Å². The van der Waals surface area contributed by atoms with E-state index in [1.54, 1.807) is 17.9 Å². The quantitative estimate of drug-likeness (QED) is 0.770. The average Bonchev–Trinajstić information content (AvgIpc) is 3.06. The van der Waals surface area contributed by atoms with Gasteiger partial charge in [0.25, 0.3) is 5.91 Å². The van der Waals surface area contributed by atoms with Crippen LogP contribution in [0, 0.1) is 0 Å². The number of ether oxygens (including phenoxy) is 1. The topological polar surface area (TPSA) is 109 Å². The van der Waals surface area contributed by atoms with E-state index < -0.39 is 5.91 Å². The van der Waals surface area contributed by atoms with Crippen LogP contribution in [0.15, 0.2) is 28.9 Å². The van der Waals surface area contributed by atoms with Crippen molar-refractivity contribution < 1.29 is 14.1 Å². The lowest BCUT2D eigenvalue weighted by atomic mass is 9.94. The fourth-order valence-electron chi connectivity index (χ4n) is 3.38. The molecule has 0 spiro atoms. The van der Waals surface area contributed by atoms with E-state index in [9.17, 15) is 4.79 Å². The lowest BCUT2D eigenvalue weighted by Crippen LogP contribution is -2.15. The van der Waals surface area contributed by atoms with Crippen LogP contribution in [0.2, 0.25) is 0 Å². The molecular formula is C18H17N5O3. The van der Waals surface area contributed by atoms with Crippen LogP contribution in [-0.2, 0) is 7.05 Å². The van der Waals surface area contributed by atoms with Crippen LogP contribution >= 0.6 is 0 Å². The molecule has 0 saturated heterocycles. The lowest BCUT2D eigenvalue weighted by molar-refractivity contribution is 0.0999. The average molecular weight is 351 g/mol. The maximum atomic E-state index is 11.7. The van der Waals surface area contributed by atoms with Crippen molar-refractivity contribution in [3.63, 3.8) is 0 Å². The minimum Gasteiger partial charge on any atom is -0.492 e. The Morgan fingerprint density at radius 3 is 2.96 bits per heavy atom. The van der Waals surface area contributed by atoms with Crippen molar-refractivity contribution >= 4 is 5.91 Å². The van der Waals surface area contributed by atoms with E-state index >= 15 is 0 Å². The molecule has 8 heteroatoms. The summed E-state index contributed by atoms with van der Waals surface area (Å²) >= 11 is 0. The molecule has 2 aromatic heterocycles. The second kappa shape index (κ2) is 5.42. The summed E-state index contributed by atoms with van der Waals surface area (Å²) in [7, 11) is 1.77. The number of benzene rings is 1. The number of hydrogen-bond acceptors (Lipinski definition) is 6. The maximum absolute atomic E-state index is 11.7. The van der Waals surface area contributed by atoms with Gasteiger partial charge in [0.15, 0.2) is 0 Å². The second-order valence-corrected chi connectivity index (χ2v) is 6.81. The summed E-state index contributed by atoms with van der Waals surface area (Å²) in [6.45, 7) is 0.412. The zero-order valence-corrected chi connectivity index (χ0v) is 14.2. The molecule has 1 saturated carbocycles. The molecule has 1 aromatic carbocycles. The monoisotopic (exact) mass is 351 g/mol. The first-order valence-electron chi connectivity index (χ1n) is 8.54. The number of amides is 1. The fraction of sp³-hybridized carbons (Fsp3) is 0.333. The third kappa shape index (κ3) is 2.37. The number of hydrogen-bond donors (Lipinski definition) is 1. The van der Waals surface area contributed by atoms with E-state index in [0.29, 0.717) is 35.5 Å². The standard InChI is InChI=1S/C18H17N5O3/c1-23-7-12(16(19)24)15(21-23)13-8-25-14-6-10(4-5-11(13)14)17-20-18(26-22-17)9-2-3-9/h4-7,9,13H,2-3,8H2,1H3,(H2,19,24). The number of carbonyl (C=O) groups excluding carboxylic acids is 1. The molecule has 3 heterocycles. The van der Waals surface area contributed by atoms with Gasteiger partial charge in [-0.15, -0.1) is 0 Å². The van der Waals surface area contributed by atoms with Crippen molar-refractivity contribution in [3.8, 4) is 17.1 Å². The Hall–Kier alpha value is -3.16. The van der Waals surface area contributed by atoms with Crippen molar-refractivity contribution in [3.05, 3.63) is 47.1 Å². The number of aromatic nitrogens is 4. The third-order valence-corrected chi connectivity index (χ3v) is 4.87. The summed E-state index contributed by atoms with van der Waals surface area (Å²) in [6, 6.07) is 5.81. The Morgan fingerprint density at radius 1 is 1.35 bits per heavy atom. The molecule has 1 aliphatic heterocycles. The number of fused-ring (bicyclic) bond motifs is 1. The minimum atomic E-state index is -0.488. The zero-order chi connectivity index (χ0) is 17.8. The number of primary amides is 1. The van der Waals surface area contributed by atoms with Crippen LogP contribution in [0.3, 0.4) is 0 Å². The summed E-state index contributed by atoms with van der Waals surface area (Å²) in [5, 5.41) is 8.49. The van der Waals surface area contributed by atoms with Crippen molar-refractivity contribution in [2.75, 3.05) is 6.61 Å². The van der Waals surface area contributed by atoms with Gasteiger partial charge >= 0.3 is 0 Å². The third-order valence-electron chi connectivity index (χ3n) is 4.87. The highest BCUT2D eigenvalue weighted by Gasteiger charge is 2.33. The normalized spacial score (nSPS) is 18.6. The molecular weight excluding hydrogens is 334 g/mol. The van der Waals surface area contributed by atoms with Crippen LogP contribution in [0.1, 0.15) is 52.2 Å². The number of nitrogens with two attached hydrogens (primary N) is 1. The predicted molar refractivity (Wildman–Crippen MR) is 90.8 cm³/mol. The van der Waals surface area contributed by atoms with E-state index in [0.717, 1.165) is 29.7 Å². The van der Waals surface area contributed by atoms with Crippen LogP contribution in [0.25, 0.3) is 11.4 Å².